The summed E-state index contributed by atoms with van der Waals surface area (Å²) in [6.45, 7) is 2.51. The van der Waals surface area contributed by atoms with Gasteiger partial charge < -0.3 is 15.6 Å². The highest BCUT2D eigenvalue weighted by Crippen LogP contribution is 2.27. The van der Waals surface area contributed by atoms with Gasteiger partial charge in [0.05, 0.1) is 0 Å². The van der Waals surface area contributed by atoms with E-state index in [4.69, 9.17) is 10.3 Å². The first-order chi connectivity index (χ1) is 6.68. The quantitative estimate of drug-likeness (QED) is 0.756. The number of rotatable bonds is 3. The number of aryl methyl sites for hydroxylation is 1. The van der Waals surface area contributed by atoms with Crippen LogP contribution in [0.25, 0.3) is 0 Å². The molecule has 1 fully saturated rings. The van der Waals surface area contributed by atoms with Crippen molar-refractivity contribution in [3.8, 4) is 0 Å². The fourth-order valence-electron chi connectivity index (χ4n) is 1.88. The number of hydrogen-bond acceptors (Lipinski definition) is 5. The average Bonchev–Trinajstić information content (AvgIpc) is 2.73. The van der Waals surface area contributed by atoms with Gasteiger partial charge in [-0.15, -0.1) is 0 Å². The van der Waals surface area contributed by atoms with Gasteiger partial charge in [0.15, 0.2) is 5.82 Å². The van der Waals surface area contributed by atoms with Crippen LogP contribution in [0.15, 0.2) is 4.52 Å². The zero-order valence-electron chi connectivity index (χ0n) is 8.42. The van der Waals surface area contributed by atoms with Gasteiger partial charge in [-0.25, -0.2) is 0 Å². The summed E-state index contributed by atoms with van der Waals surface area (Å²) in [6, 6.07) is 0.472. The van der Waals surface area contributed by atoms with Gasteiger partial charge in [-0.05, 0) is 19.8 Å². The van der Waals surface area contributed by atoms with Crippen LogP contribution in [0, 0.1) is 6.92 Å². The van der Waals surface area contributed by atoms with Gasteiger partial charge in [0.2, 0.25) is 0 Å². The van der Waals surface area contributed by atoms with Gasteiger partial charge in [-0.3, -0.25) is 0 Å². The van der Waals surface area contributed by atoms with Crippen LogP contribution in [0.2, 0.25) is 0 Å². The zero-order valence-corrected chi connectivity index (χ0v) is 8.42. The Bertz CT molecular complexity index is 304. The minimum atomic E-state index is -0.0810. The highest BCUT2D eigenvalue weighted by molar-refractivity contribution is 5.20. The lowest BCUT2D eigenvalue weighted by molar-refractivity contribution is 0.411. The third-order valence-electron chi connectivity index (χ3n) is 2.72. The number of nitrogens with zero attached hydrogens (tertiary/aromatic N) is 2. The fourth-order valence-corrected chi connectivity index (χ4v) is 1.88. The van der Waals surface area contributed by atoms with Crippen LogP contribution in [0.3, 0.4) is 0 Å². The standard InChI is InChI=1S/C9H16N4O/c1-7-12-8(14-13-7)11-6-9(10)4-2-3-5-9/h2-6,10H2,1H3,(H,11,12,13). The Hall–Kier alpha value is -1.10. The normalized spacial score (nSPS) is 19.9. The Labute approximate surface area is 83.1 Å². The van der Waals surface area contributed by atoms with Crippen molar-refractivity contribution in [3.63, 3.8) is 0 Å². The largest absolute Gasteiger partial charge is 0.336 e. The first-order valence-electron chi connectivity index (χ1n) is 5.01. The second-order valence-corrected chi connectivity index (χ2v) is 4.07. The molecule has 0 unspecified atom stereocenters. The van der Waals surface area contributed by atoms with Crippen molar-refractivity contribution in [3.05, 3.63) is 5.82 Å². The molecule has 1 saturated carbocycles. The number of nitrogens with two attached hydrogens (primary N) is 1. The van der Waals surface area contributed by atoms with Gasteiger partial charge in [-0.1, -0.05) is 18.0 Å². The molecule has 14 heavy (non-hydrogen) atoms. The molecule has 1 aromatic heterocycles. The third kappa shape index (κ3) is 2.04. The van der Waals surface area contributed by atoms with E-state index >= 15 is 0 Å². The second kappa shape index (κ2) is 3.57. The molecule has 0 aromatic carbocycles. The van der Waals surface area contributed by atoms with Crippen molar-refractivity contribution in [2.45, 2.75) is 38.1 Å². The van der Waals surface area contributed by atoms with Crippen molar-refractivity contribution in [1.29, 1.82) is 0 Å². The lowest BCUT2D eigenvalue weighted by Crippen LogP contribution is -2.43. The summed E-state index contributed by atoms with van der Waals surface area (Å²) < 4.78 is 4.94. The minimum Gasteiger partial charge on any atom is -0.336 e. The van der Waals surface area contributed by atoms with Gasteiger partial charge in [-0.2, -0.15) is 4.98 Å². The summed E-state index contributed by atoms with van der Waals surface area (Å²) >= 11 is 0. The molecule has 0 saturated heterocycles. The Morgan fingerprint density at radius 2 is 2.21 bits per heavy atom. The molecule has 3 N–H and O–H groups in total. The lowest BCUT2D eigenvalue weighted by atomic mass is 10.00. The summed E-state index contributed by atoms with van der Waals surface area (Å²) in [7, 11) is 0. The Morgan fingerprint density at radius 3 is 2.79 bits per heavy atom. The molecule has 1 aliphatic rings. The molecule has 0 aliphatic heterocycles. The monoisotopic (exact) mass is 196 g/mol. The van der Waals surface area contributed by atoms with E-state index in [1.807, 2.05) is 0 Å². The molecule has 78 valence electrons. The van der Waals surface area contributed by atoms with Crippen LogP contribution in [0.5, 0.6) is 0 Å². The van der Waals surface area contributed by atoms with E-state index < -0.39 is 0 Å². The summed E-state index contributed by atoms with van der Waals surface area (Å²) in [5.41, 5.74) is 6.08. The Morgan fingerprint density at radius 1 is 1.50 bits per heavy atom. The van der Waals surface area contributed by atoms with E-state index in [1.165, 1.54) is 12.8 Å². The molecule has 1 heterocycles. The molecule has 0 radical (unpaired) electrons. The molecule has 0 spiro atoms. The number of aromatic nitrogens is 2. The SMILES string of the molecule is Cc1noc(NCC2(N)CCCC2)n1. The highest BCUT2D eigenvalue weighted by atomic mass is 16.5. The van der Waals surface area contributed by atoms with E-state index in [9.17, 15) is 0 Å². The van der Waals surface area contributed by atoms with Crippen LogP contribution in [-0.2, 0) is 0 Å². The van der Waals surface area contributed by atoms with E-state index in [0.717, 1.165) is 12.8 Å². The summed E-state index contributed by atoms with van der Waals surface area (Å²) in [6.07, 6.45) is 4.60. The van der Waals surface area contributed by atoms with Gasteiger partial charge in [0.25, 0.3) is 0 Å². The molecule has 1 aliphatic carbocycles. The maximum atomic E-state index is 6.16. The van der Waals surface area contributed by atoms with Crippen molar-refractivity contribution in [2.24, 2.45) is 5.73 Å². The molecular formula is C9H16N4O. The van der Waals surface area contributed by atoms with E-state index in [0.29, 0.717) is 18.4 Å². The molecule has 0 bridgehead atoms. The maximum Gasteiger partial charge on any atom is 0.321 e. The van der Waals surface area contributed by atoms with E-state index in [2.05, 4.69) is 15.5 Å². The van der Waals surface area contributed by atoms with Crippen molar-refractivity contribution in [1.82, 2.24) is 10.1 Å². The molecular weight excluding hydrogens is 180 g/mol. The van der Waals surface area contributed by atoms with Crippen molar-refractivity contribution in [2.75, 3.05) is 11.9 Å². The molecule has 0 atom stereocenters. The number of nitrogens with one attached hydrogen (secondary N) is 1. The zero-order chi connectivity index (χ0) is 10.0. The highest BCUT2D eigenvalue weighted by Gasteiger charge is 2.29. The predicted octanol–water partition coefficient (Wildman–Crippen LogP) is 1.06. The lowest BCUT2D eigenvalue weighted by Gasteiger charge is -2.22. The van der Waals surface area contributed by atoms with Crippen molar-refractivity contribution >= 4 is 6.01 Å². The molecule has 1 aromatic rings. The minimum absolute atomic E-state index is 0.0810. The van der Waals surface area contributed by atoms with Crippen LogP contribution >= 0.6 is 0 Å². The molecule has 5 nitrogen and oxygen atoms in total. The number of anilines is 1. The topological polar surface area (TPSA) is 77.0 Å². The fraction of sp³-hybridized carbons (Fsp3) is 0.778. The summed E-state index contributed by atoms with van der Waals surface area (Å²) in [4.78, 5) is 4.06. The smallest absolute Gasteiger partial charge is 0.321 e. The molecule has 0 amide bonds. The van der Waals surface area contributed by atoms with Crippen LogP contribution in [0.4, 0.5) is 6.01 Å². The van der Waals surface area contributed by atoms with Gasteiger partial charge in [0.1, 0.15) is 0 Å². The first-order valence-corrected chi connectivity index (χ1v) is 5.01. The van der Waals surface area contributed by atoms with Gasteiger partial charge >= 0.3 is 6.01 Å². The molecule has 2 rings (SSSR count). The first kappa shape index (κ1) is 9.45. The average molecular weight is 196 g/mol. The Balaban J connectivity index is 1.87. The van der Waals surface area contributed by atoms with Gasteiger partial charge in [0, 0.05) is 12.1 Å². The van der Waals surface area contributed by atoms with Crippen molar-refractivity contribution < 1.29 is 4.52 Å². The summed E-state index contributed by atoms with van der Waals surface area (Å²) in [5.74, 6) is 0.644. The van der Waals surface area contributed by atoms with Crippen LogP contribution in [0.1, 0.15) is 31.5 Å². The third-order valence-corrected chi connectivity index (χ3v) is 2.72. The molecule has 5 heteroatoms. The van der Waals surface area contributed by atoms with E-state index in [1.54, 1.807) is 6.92 Å². The van der Waals surface area contributed by atoms with Crippen LogP contribution < -0.4 is 11.1 Å². The summed E-state index contributed by atoms with van der Waals surface area (Å²) in [5, 5.41) is 6.78. The maximum absolute atomic E-state index is 6.16. The van der Waals surface area contributed by atoms with E-state index in [-0.39, 0.29) is 5.54 Å². The Kier molecular flexibility index (Phi) is 2.41. The number of hydrogen-bond donors (Lipinski definition) is 2. The predicted molar refractivity (Wildman–Crippen MR) is 52.9 cm³/mol. The second-order valence-electron chi connectivity index (χ2n) is 4.07. The van der Waals surface area contributed by atoms with Crippen LogP contribution in [-0.4, -0.2) is 22.2 Å².